The van der Waals surface area contributed by atoms with Crippen LogP contribution in [0.1, 0.15) is 33.9 Å². The van der Waals surface area contributed by atoms with Crippen molar-refractivity contribution in [2.45, 2.75) is 18.9 Å². The Bertz CT molecular complexity index is 403. The molecule has 0 spiro atoms. The van der Waals surface area contributed by atoms with Crippen LogP contribution in [-0.4, -0.2) is 5.91 Å². The van der Waals surface area contributed by atoms with Crippen LogP contribution in [0.2, 0.25) is 0 Å². The minimum absolute atomic E-state index is 0.100. The SMILES string of the molecule is NC(=O)c1cc2c(cc1Br)[C@H](N)CC2. The van der Waals surface area contributed by atoms with Crippen molar-refractivity contribution in [3.63, 3.8) is 0 Å². The van der Waals surface area contributed by atoms with Gasteiger partial charge in [0.15, 0.2) is 0 Å². The predicted molar refractivity (Wildman–Crippen MR) is 57.9 cm³/mol. The third-order valence-corrected chi connectivity index (χ3v) is 3.27. The molecule has 3 nitrogen and oxygen atoms in total. The molecular weight excluding hydrogens is 244 g/mol. The van der Waals surface area contributed by atoms with E-state index < -0.39 is 5.91 Å². The Morgan fingerprint density at radius 1 is 1.50 bits per heavy atom. The molecule has 0 bridgehead atoms. The van der Waals surface area contributed by atoms with Gasteiger partial charge >= 0.3 is 0 Å². The number of fused-ring (bicyclic) bond motifs is 1. The fourth-order valence-electron chi connectivity index (χ4n) is 1.85. The maximum atomic E-state index is 11.1. The minimum atomic E-state index is -0.403. The van der Waals surface area contributed by atoms with Gasteiger partial charge in [-0.15, -0.1) is 0 Å². The Morgan fingerprint density at radius 3 is 2.86 bits per heavy atom. The summed E-state index contributed by atoms with van der Waals surface area (Å²) in [6.45, 7) is 0. The van der Waals surface area contributed by atoms with Crippen molar-refractivity contribution in [1.29, 1.82) is 0 Å². The Morgan fingerprint density at radius 2 is 2.21 bits per heavy atom. The average Bonchev–Trinajstić information content (AvgIpc) is 2.46. The molecule has 14 heavy (non-hydrogen) atoms. The number of carbonyl (C=O) groups is 1. The minimum Gasteiger partial charge on any atom is -0.366 e. The second-order valence-corrected chi connectivity index (χ2v) is 4.39. The highest BCUT2D eigenvalue weighted by atomic mass is 79.9. The normalized spacial score (nSPS) is 19.4. The van der Waals surface area contributed by atoms with Crippen molar-refractivity contribution >= 4 is 21.8 Å². The van der Waals surface area contributed by atoms with E-state index in [1.165, 1.54) is 0 Å². The lowest BCUT2D eigenvalue weighted by Crippen LogP contribution is -2.13. The van der Waals surface area contributed by atoms with Crippen molar-refractivity contribution in [1.82, 2.24) is 0 Å². The number of amides is 1. The van der Waals surface area contributed by atoms with E-state index in [4.69, 9.17) is 11.5 Å². The first-order chi connectivity index (χ1) is 6.59. The Kier molecular flexibility index (Phi) is 2.33. The van der Waals surface area contributed by atoms with Crippen LogP contribution >= 0.6 is 15.9 Å². The second kappa shape index (κ2) is 3.37. The molecule has 1 aliphatic rings. The van der Waals surface area contributed by atoms with E-state index in [2.05, 4.69) is 15.9 Å². The lowest BCUT2D eigenvalue weighted by atomic mass is 10.0. The van der Waals surface area contributed by atoms with E-state index in [0.717, 1.165) is 28.4 Å². The van der Waals surface area contributed by atoms with Crippen LogP contribution in [0.4, 0.5) is 0 Å². The molecule has 0 radical (unpaired) electrons. The summed E-state index contributed by atoms with van der Waals surface area (Å²) >= 11 is 3.32. The van der Waals surface area contributed by atoms with E-state index in [-0.39, 0.29) is 6.04 Å². The van der Waals surface area contributed by atoms with Crippen molar-refractivity contribution < 1.29 is 4.79 Å². The third-order valence-electron chi connectivity index (χ3n) is 2.62. The number of hydrogen-bond donors (Lipinski definition) is 2. The molecular formula is C10H11BrN2O. The third kappa shape index (κ3) is 1.44. The van der Waals surface area contributed by atoms with Gasteiger partial charge in [-0.2, -0.15) is 0 Å². The maximum absolute atomic E-state index is 11.1. The van der Waals surface area contributed by atoms with Crippen LogP contribution in [0.5, 0.6) is 0 Å². The number of hydrogen-bond acceptors (Lipinski definition) is 2. The van der Waals surface area contributed by atoms with E-state index >= 15 is 0 Å². The molecule has 0 aliphatic heterocycles. The Balaban J connectivity index is 2.55. The van der Waals surface area contributed by atoms with Gasteiger partial charge in [0, 0.05) is 10.5 Å². The predicted octanol–water partition coefficient (Wildman–Crippen LogP) is 1.49. The monoisotopic (exact) mass is 254 g/mol. The number of nitrogens with two attached hydrogens (primary N) is 2. The first kappa shape index (κ1) is 9.68. The van der Waals surface area contributed by atoms with Gasteiger partial charge in [-0.3, -0.25) is 4.79 Å². The highest BCUT2D eigenvalue weighted by Gasteiger charge is 2.21. The lowest BCUT2D eigenvalue weighted by molar-refractivity contribution is 0.0999. The summed E-state index contributed by atoms with van der Waals surface area (Å²) < 4.78 is 0.737. The fraction of sp³-hybridized carbons (Fsp3) is 0.300. The molecule has 4 heteroatoms. The largest absolute Gasteiger partial charge is 0.366 e. The van der Waals surface area contributed by atoms with Crippen LogP contribution in [0, 0.1) is 0 Å². The van der Waals surface area contributed by atoms with Crippen molar-refractivity contribution in [3.05, 3.63) is 33.3 Å². The molecule has 0 aromatic heterocycles. The summed E-state index contributed by atoms with van der Waals surface area (Å²) in [5, 5.41) is 0. The van der Waals surface area contributed by atoms with Gasteiger partial charge in [-0.25, -0.2) is 0 Å². The molecule has 0 saturated heterocycles. The van der Waals surface area contributed by atoms with Crippen LogP contribution in [0.15, 0.2) is 16.6 Å². The molecule has 0 unspecified atom stereocenters. The molecule has 4 N–H and O–H groups in total. The smallest absolute Gasteiger partial charge is 0.249 e. The van der Waals surface area contributed by atoms with Crippen molar-refractivity contribution in [3.8, 4) is 0 Å². The molecule has 1 atom stereocenters. The molecule has 1 aromatic rings. The molecule has 1 aliphatic carbocycles. The summed E-state index contributed by atoms with van der Waals surface area (Å²) in [7, 11) is 0. The quantitative estimate of drug-likeness (QED) is 0.798. The molecule has 0 fully saturated rings. The topological polar surface area (TPSA) is 69.1 Å². The number of benzene rings is 1. The molecule has 74 valence electrons. The van der Waals surface area contributed by atoms with Crippen LogP contribution in [0.25, 0.3) is 0 Å². The summed E-state index contributed by atoms with van der Waals surface area (Å²) in [4.78, 5) is 11.1. The number of halogens is 1. The van der Waals surface area contributed by atoms with Gasteiger partial charge in [0.2, 0.25) is 5.91 Å². The van der Waals surface area contributed by atoms with Gasteiger partial charge in [0.1, 0.15) is 0 Å². The van der Waals surface area contributed by atoms with Gasteiger partial charge in [-0.05, 0) is 52.0 Å². The zero-order valence-corrected chi connectivity index (χ0v) is 9.17. The Labute approximate surface area is 90.6 Å². The Hall–Kier alpha value is -0.870. The first-order valence-corrected chi connectivity index (χ1v) is 5.26. The fourth-order valence-corrected chi connectivity index (χ4v) is 2.41. The van der Waals surface area contributed by atoms with Crippen LogP contribution < -0.4 is 11.5 Å². The molecule has 2 rings (SSSR count). The van der Waals surface area contributed by atoms with Crippen molar-refractivity contribution in [2.75, 3.05) is 0 Å². The number of rotatable bonds is 1. The molecule has 0 heterocycles. The summed E-state index contributed by atoms with van der Waals surface area (Å²) in [6.07, 6.45) is 1.88. The van der Waals surface area contributed by atoms with Crippen LogP contribution in [0.3, 0.4) is 0 Å². The zero-order valence-electron chi connectivity index (χ0n) is 7.59. The number of carbonyl (C=O) groups excluding carboxylic acids is 1. The standard InChI is InChI=1S/C10H11BrN2O/c11-8-4-6-5(1-2-9(6)12)3-7(8)10(13)14/h3-4,9H,1-2,12H2,(H2,13,14)/t9-/m1/s1. The summed E-state index contributed by atoms with van der Waals surface area (Å²) in [6, 6.07) is 3.85. The van der Waals surface area contributed by atoms with Crippen molar-refractivity contribution in [2.24, 2.45) is 11.5 Å². The zero-order chi connectivity index (χ0) is 10.3. The number of aryl methyl sites for hydroxylation is 1. The van der Waals surface area contributed by atoms with Gasteiger partial charge in [0.05, 0.1) is 5.56 Å². The van der Waals surface area contributed by atoms with Gasteiger partial charge in [0.25, 0.3) is 0 Å². The van der Waals surface area contributed by atoms with Gasteiger partial charge in [-0.1, -0.05) is 0 Å². The first-order valence-electron chi connectivity index (χ1n) is 4.47. The number of primary amides is 1. The molecule has 1 aromatic carbocycles. The maximum Gasteiger partial charge on any atom is 0.249 e. The van der Waals surface area contributed by atoms with E-state index in [1.54, 1.807) is 0 Å². The van der Waals surface area contributed by atoms with Gasteiger partial charge < -0.3 is 11.5 Å². The highest BCUT2D eigenvalue weighted by Crippen LogP contribution is 2.33. The lowest BCUT2D eigenvalue weighted by Gasteiger charge is -2.07. The highest BCUT2D eigenvalue weighted by molar-refractivity contribution is 9.10. The summed E-state index contributed by atoms with van der Waals surface area (Å²) in [5.74, 6) is -0.403. The molecule has 1 amide bonds. The van der Waals surface area contributed by atoms with Crippen LogP contribution in [-0.2, 0) is 6.42 Å². The summed E-state index contributed by atoms with van der Waals surface area (Å²) in [5.41, 5.74) is 14.0. The van der Waals surface area contributed by atoms with E-state index in [1.807, 2.05) is 12.1 Å². The molecule has 0 saturated carbocycles. The van der Waals surface area contributed by atoms with E-state index in [9.17, 15) is 4.79 Å². The average molecular weight is 255 g/mol. The second-order valence-electron chi connectivity index (χ2n) is 3.54. The van der Waals surface area contributed by atoms with E-state index in [0.29, 0.717) is 5.56 Å².